The number of benzene rings is 1. The van der Waals surface area contributed by atoms with Crippen LogP contribution in [0.15, 0.2) is 29.6 Å². The van der Waals surface area contributed by atoms with E-state index in [4.69, 9.17) is 28.3 Å². The van der Waals surface area contributed by atoms with Crippen LogP contribution >= 0.6 is 34.5 Å². The average molecular weight is 303 g/mol. The average Bonchev–Trinajstić information content (AvgIpc) is 2.81. The Morgan fingerprint density at radius 2 is 2.00 bits per heavy atom. The predicted molar refractivity (Wildman–Crippen MR) is 71.8 cm³/mol. The lowest BCUT2D eigenvalue weighted by Gasteiger charge is -2.13. The maximum absolute atomic E-state index is 11.0. The van der Waals surface area contributed by atoms with Gasteiger partial charge in [-0.2, -0.15) is 0 Å². The highest BCUT2D eigenvalue weighted by Gasteiger charge is 2.22. The Morgan fingerprint density at radius 1 is 1.28 bits per heavy atom. The lowest BCUT2D eigenvalue weighted by molar-refractivity contribution is 0.0692. The van der Waals surface area contributed by atoms with E-state index in [1.807, 2.05) is 0 Å². The van der Waals surface area contributed by atoms with Crippen molar-refractivity contribution in [2.45, 2.75) is 6.10 Å². The molecule has 0 aliphatic rings. The van der Waals surface area contributed by atoms with E-state index in [9.17, 15) is 9.90 Å². The number of aromatic carboxylic acids is 1. The molecule has 3 nitrogen and oxygen atoms in total. The van der Waals surface area contributed by atoms with Gasteiger partial charge in [-0.05, 0) is 17.5 Å². The van der Waals surface area contributed by atoms with E-state index < -0.39 is 12.1 Å². The third-order valence-corrected chi connectivity index (χ3v) is 4.25. The molecule has 2 N–H and O–H groups in total. The maximum Gasteiger partial charge on any atom is 0.336 e. The van der Waals surface area contributed by atoms with Gasteiger partial charge in [0.25, 0.3) is 0 Å². The number of carboxylic acids is 1. The molecule has 2 aromatic rings. The number of aliphatic hydroxyl groups is 1. The molecule has 94 valence electrons. The molecule has 0 amide bonds. The summed E-state index contributed by atoms with van der Waals surface area (Å²) in [5.41, 5.74) is 0.470. The molecular formula is C12H8Cl2O3S. The minimum Gasteiger partial charge on any atom is -0.478 e. The SMILES string of the molecule is O=C(O)c1ccsc1C(O)c1cccc(Cl)c1Cl. The number of carbonyl (C=O) groups is 1. The highest BCUT2D eigenvalue weighted by molar-refractivity contribution is 7.10. The van der Waals surface area contributed by atoms with Gasteiger partial charge in [0.15, 0.2) is 0 Å². The Bertz CT molecular complexity index is 595. The van der Waals surface area contributed by atoms with Gasteiger partial charge in [-0.15, -0.1) is 11.3 Å². The standard InChI is InChI=1S/C12H8Cl2O3S/c13-8-3-1-2-6(9(8)14)10(15)11-7(12(16)17)4-5-18-11/h1-5,10,15H,(H,16,17). The number of carboxylic acid groups (broad SMARTS) is 1. The smallest absolute Gasteiger partial charge is 0.336 e. The summed E-state index contributed by atoms with van der Waals surface area (Å²) in [4.78, 5) is 11.3. The second-order valence-electron chi connectivity index (χ2n) is 3.55. The van der Waals surface area contributed by atoms with Gasteiger partial charge < -0.3 is 10.2 Å². The molecule has 6 heteroatoms. The van der Waals surface area contributed by atoms with Gasteiger partial charge in [-0.25, -0.2) is 4.79 Å². The fraction of sp³-hybridized carbons (Fsp3) is 0.0833. The van der Waals surface area contributed by atoms with Crippen LogP contribution in [0.25, 0.3) is 0 Å². The van der Waals surface area contributed by atoms with E-state index in [-0.39, 0.29) is 10.6 Å². The molecule has 0 saturated heterocycles. The molecule has 2 rings (SSSR count). The van der Waals surface area contributed by atoms with E-state index in [0.717, 1.165) is 11.3 Å². The summed E-state index contributed by atoms with van der Waals surface area (Å²) < 4.78 is 0. The maximum atomic E-state index is 11.0. The van der Waals surface area contributed by atoms with Gasteiger partial charge in [0.1, 0.15) is 6.10 Å². The van der Waals surface area contributed by atoms with Crippen molar-refractivity contribution in [3.8, 4) is 0 Å². The van der Waals surface area contributed by atoms with Crippen LogP contribution in [0.3, 0.4) is 0 Å². The Labute approximate surface area is 117 Å². The summed E-state index contributed by atoms with van der Waals surface area (Å²) in [5, 5.41) is 21.4. The summed E-state index contributed by atoms with van der Waals surface area (Å²) in [6.45, 7) is 0. The molecule has 0 aliphatic heterocycles. The molecule has 18 heavy (non-hydrogen) atoms. The van der Waals surface area contributed by atoms with E-state index >= 15 is 0 Å². The highest BCUT2D eigenvalue weighted by atomic mass is 35.5. The normalized spacial score (nSPS) is 12.4. The summed E-state index contributed by atoms with van der Waals surface area (Å²) in [6.07, 6.45) is -1.10. The molecule has 0 spiro atoms. The first-order chi connectivity index (χ1) is 8.52. The number of thiophene rings is 1. The topological polar surface area (TPSA) is 57.5 Å². The van der Waals surface area contributed by atoms with Gasteiger partial charge in [0.2, 0.25) is 0 Å². The van der Waals surface area contributed by atoms with Crippen LogP contribution in [0.1, 0.15) is 26.9 Å². The first-order valence-electron chi connectivity index (χ1n) is 4.95. The first-order valence-corrected chi connectivity index (χ1v) is 6.58. The summed E-state index contributed by atoms with van der Waals surface area (Å²) >= 11 is 13.0. The molecule has 0 fully saturated rings. The quantitative estimate of drug-likeness (QED) is 0.906. The van der Waals surface area contributed by atoms with Crippen molar-refractivity contribution in [2.24, 2.45) is 0 Å². The molecule has 0 radical (unpaired) electrons. The zero-order valence-electron chi connectivity index (χ0n) is 8.93. The monoisotopic (exact) mass is 302 g/mol. The largest absolute Gasteiger partial charge is 0.478 e. The van der Waals surface area contributed by atoms with Crippen LogP contribution in [-0.4, -0.2) is 16.2 Å². The van der Waals surface area contributed by atoms with E-state index in [1.54, 1.807) is 23.6 Å². The third-order valence-electron chi connectivity index (χ3n) is 2.45. The van der Waals surface area contributed by atoms with Crippen LogP contribution in [0.4, 0.5) is 0 Å². The van der Waals surface area contributed by atoms with Gasteiger partial charge in [0.05, 0.1) is 20.5 Å². The number of hydrogen-bond acceptors (Lipinski definition) is 3. The fourth-order valence-corrected chi connectivity index (χ4v) is 2.88. The molecule has 0 saturated carbocycles. The minimum absolute atomic E-state index is 0.0727. The molecule has 1 atom stereocenters. The van der Waals surface area contributed by atoms with Crippen molar-refractivity contribution >= 4 is 40.5 Å². The molecule has 1 heterocycles. The van der Waals surface area contributed by atoms with Crippen molar-refractivity contribution in [1.29, 1.82) is 0 Å². The molecular weight excluding hydrogens is 295 g/mol. The first kappa shape index (κ1) is 13.4. The van der Waals surface area contributed by atoms with Gasteiger partial charge in [-0.3, -0.25) is 0 Å². The van der Waals surface area contributed by atoms with Crippen molar-refractivity contribution in [2.75, 3.05) is 0 Å². The zero-order valence-corrected chi connectivity index (χ0v) is 11.3. The molecule has 1 unspecified atom stereocenters. The van der Waals surface area contributed by atoms with Crippen molar-refractivity contribution in [3.05, 3.63) is 55.7 Å². The second kappa shape index (κ2) is 5.28. The van der Waals surface area contributed by atoms with Crippen LogP contribution in [0.2, 0.25) is 10.0 Å². The van der Waals surface area contributed by atoms with Crippen LogP contribution in [0, 0.1) is 0 Å². The van der Waals surface area contributed by atoms with Crippen molar-refractivity contribution in [1.82, 2.24) is 0 Å². The Hall–Kier alpha value is -1.07. The molecule has 1 aromatic carbocycles. The van der Waals surface area contributed by atoms with Crippen molar-refractivity contribution in [3.63, 3.8) is 0 Å². The third kappa shape index (κ3) is 2.37. The fourth-order valence-electron chi connectivity index (χ4n) is 1.58. The van der Waals surface area contributed by atoms with Crippen LogP contribution in [0.5, 0.6) is 0 Å². The second-order valence-corrected chi connectivity index (χ2v) is 5.28. The van der Waals surface area contributed by atoms with E-state index in [2.05, 4.69) is 0 Å². The number of halogens is 2. The zero-order chi connectivity index (χ0) is 13.3. The van der Waals surface area contributed by atoms with Gasteiger partial charge in [0, 0.05) is 5.56 Å². The minimum atomic E-state index is -1.10. The molecule has 0 bridgehead atoms. The van der Waals surface area contributed by atoms with Crippen molar-refractivity contribution < 1.29 is 15.0 Å². The van der Waals surface area contributed by atoms with Gasteiger partial charge in [-0.1, -0.05) is 35.3 Å². The van der Waals surface area contributed by atoms with E-state index in [1.165, 1.54) is 6.07 Å². The van der Waals surface area contributed by atoms with E-state index in [0.29, 0.717) is 15.5 Å². The Kier molecular flexibility index (Phi) is 3.92. The number of aliphatic hydroxyl groups excluding tert-OH is 1. The number of hydrogen-bond donors (Lipinski definition) is 2. The summed E-state index contributed by atoms with van der Waals surface area (Å²) in [6, 6.07) is 6.32. The summed E-state index contributed by atoms with van der Waals surface area (Å²) in [5.74, 6) is -1.08. The summed E-state index contributed by atoms with van der Waals surface area (Å²) in [7, 11) is 0. The Morgan fingerprint density at radius 3 is 2.67 bits per heavy atom. The van der Waals surface area contributed by atoms with Gasteiger partial charge >= 0.3 is 5.97 Å². The lowest BCUT2D eigenvalue weighted by atomic mass is 10.1. The highest BCUT2D eigenvalue weighted by Crippen LogP contribution is 2.36. The molecule has 1 aromatic heterocycles. The van der Waals surface area contributed by atoms with Crippen LogP contribution in [-0.2, 0) is 0 Å². The molecule has 0 aliphatic carbocycles. The lowest BCUT2D eigenvalue weighted by Crippen LogP contribution is -2.05. The predicted octanol–water partition coefficient (Wildman–Crippen LogP) is 3.83. The van der Waals surface area contributed by atoms with Crippen LogP contribution < -0.4 is 0 Å². The number of rotatable bonds is 3. The Balaban J connectivity index is 2.48.